The lowest BCUT2D eigenvalue weighted by Crippen LogP contribution is -2.32. The molecular formula is C20H21NO3. The molecule has 0 unspecified atom stereocenters. The Morgan fingerprint density at radius 1 is 1.17 bits per heavy atom. The summed E-state index contributed by atoms with van der Waals surface area (Å²) in [6, 6.07) is 7.58. The minimum absolute atomic E-state index is 0.0747. The van der Waals surface area contributed by atoms with Gasteiger partial charge in [0.15, 0.2) is 11.5 Å². The van der Waals surface area contributed by atoms with Gasteiger partial charge in [0.1, 0.15) is 12.4 Å². The van der Waals surface area contributed by atoms with Crippen molar-refractivity contribution in [2.75, 3.05) is 12.4 Å². The number of phenolic OH excluding ortho intramolecular Hbond substituents is 1. The Balaban J connectivity index is 1.99. The van der Waals surface area contributed by atoms with Crippen molar-refractivity contribution < 1.29 is 14.6 Å². The molecule has 4 heteroatoms. The Kier molecular flexibility index (Phi) is 3.07. The zero-order valence-corrected chi connectivity index (χ0v) is 14.4. The molecule has 2 aliphatic rings. The number of methoxy groups -OCH3 is 1. The number of hydrogen-bond donors (Lipinski definition) is 2. The molecule has 2 heterocycles. The summed E-state index contributed by atoms with van der Waals surface area (Å²) in [6.07, 6.45) is 2.24. The summed E-state index contributed by atoms with van der Waals surface area (Å²) in [6.45, 7) is 6.96. The van der Waals surface area contributed by atoms with Crippen LogP contribution in [0.4, 0.5) is 5.69 Å². The lowest BCUT2D eigenvalue weighted by molar-refractivity contribution is 0.297. The Morgan fingerprint density at radius 2 is 1.96 bits per heavy atom. The molecule has 2 aromatic carbocycles. The molecule has 2 N–H and O–H groups in total. The highest BCUT2D eigenvalue weighted by atomic mass is 16.5. The highest BCUT2D eigenvalue weighted by Gasteiger charge is 2.30. The maximum absolute atomic E-state index is 10.1. The largest absolute Gasteiger partial charge is 0.504 e. The van der Waals surface area contributed by atoms with Crippen molar-refractivity contribution in [2.45, 2.75) is 32.9 Å². The molecule has 0 radical (unpaired) electrons. The van der Waals surface area contributed by atoms with Gasteiger partial charge in [-0.25, -0.2) is 0 Å². The van der Waals surface area contributed by atoms with Gasteiger partial charge in [0.05, 0.1) is 18.2 Å². The first-order valence-corrected chi connectivity index (χ1v) is 8.08. The fraction of sp³-hybridized carbons (Fsp3) is 0.300. The van der Waals surface area contributed by atoms with Gasteiger partial charge < -0.3 is 19.9 Å². The normalized spacial score (nSPS) is 16.8. The standard InChI is InChI=1S/C20H21NO3/c1-11-9-20(2,3)21-14-6-5-12-13(17(11)14)10-24-16-8-7-15(22)19(23-4)18(12)16/h5-9,21-22H,10H2,1-4H3. The monoisotopic (exact) mass is 323 g/mol. The molecule has 4 rings (SSSR count). The van der Waals surface area contributed by atoms with E-state index < -0.39 is 0 Å². The number of aromatic hydroxyl groups is 1. The first kappa shape index (κ1) is 14.9. The van der Waals surface area contributed by atoms with Crippen LogP contribution >= 0.6 is 0 Å². The van der Waals surface area contributed by atoms with Crippen molar-refractivity contribution in [1.29, 1.82) is 0 Å². The first-order chi connectivity index (χ1) is 11.4. The van der Waals surface area contributed by atoms with Crippen LogP contribution in [-0.4, -0.2) is 17.8 Å². The second-order valence-electron chi connectivity index (χ2n) is 6.97. The molecule has 0 bridgehead atoms. The van der Waals surface area contributed by atoms with Crippen LogP contribution in [0.3, 0.4) is 0 Å². The molecule has 0 fully saturated rings. The van der Waals surface area contributed by atoms with Gasteiger partial charge in [0.25, 0.3) is 0 Å². The van der Waals surface area contributed by atoms with Gasteiger partial charge >= 0.3 is 0 Å². The molecule has 2 aliphatic heterocycles. The third-order valence-corrected chi connectivity index (χ3v) is 4.69. The minimum atomic E-state index is -0.0747. The van der Waals surface area contributed by atoms with Gasteiger partial charge in [-0.15, -0.1) is 0 Å². The van der Waals surface area contributed by atoms with E-state index in [0.717, 1.165) is 28.1 Å². The number of nitrogens with one attached hydrogen (secondary N) is 1. The lowest BCUT2D eigenvalue weighted by atomic mass is 9.84. The summed E-state index contributed by atoms with van der Waals surface area (Å²) in [5, 5.41) is 13.7. The zero-order chi connectivity index (χ0) is 17.1. The van der Waals surface area contributed by atoms with E-state index >= 15 is 0 Å². The van der Waals surface area contributed by atoms with E-state index in [1.54, 1.807) is 19.2 Å². The number of rotatable bonds is 1. The SMILES string of the molecule is COc1c(O)ccc2c1-c1ccc3c(c1CO2)C(C)=CC(C)(C)N3. The molecule has 0 saturated heterocycles. The smallest absolute Gasteiger partial charge is 0.172 e. The van der Waals surface area contributed by atoms with Crippen molar-refractivity contribution in [3.05, 3.63) is 41.5 Å². The number of anilines is 1. The molecule has 0 atom stereocenters. The number of hydrogen-bond acceptors (Lipinski definition) is 4. The summed E-state index contributed by atoms with van der Waals surface area (Å²) in [5.41, 5.74) is 6.45. The topological polar surface area (TPSA) is 50.7 Å². The third-order valence-electron chi connectivity index (χ3n) is 4.69. The maximum atomic E-state index is 10.1. The first-order valence-electron chi connectivity index (χ1n) is 8.08. The highest BCUT2D eigenvalue weighted by Crippen LogP contribution is 2.50. The van der Waals surface area contributed by atoms with E-state index in [-0.39, 0.29) is 11.3 Å². The Morgan fingerprint density at radius 3 is 2.71 bits per heavy atom. The molecule has 0 aliphatic carbocycles. The van der Waals surface area contributed by atoms with Gasteiger partial charge in [-0.3, -0.25) is 0 Å². The number of benzene rings is 2. The average Bonchev–Trinajstić information content (AvgIpc) is 2.52. The fourth-order valence-corrected chi connectivity index (χ4v) is 3.87. The number of ether oxygens (including phenoxy) is 2. The average molecular weight is 323 g/mol. The summed E-state index contributed by atoms with van der Waals surface area (Å²) >= 11 is 0. The number of allylic oxidation sites excluding steroid dienone is 1. The molecule has 4 nitrogen and oxygen atoms in total. The minimum Gasteiger partial charge on any atom is -0.504 e. The van der Waals surface area contributed by atoms with Crippen LogP contribution in [0.15, 0.2) is 30.3 Å². The van der Waals surface area contributed by atoms with Crippen molar-refractivity contribution in [3.63, 3.8) is 0 Å². The summed E-state index contributed by atoms with van der Waals surface area (Å²) in [5.74, 6) is 1.32. The van der Waals surface area contributed by atoms with Crippen molar-refractivity contribution in [3.8, 4) is 28.4 Å². The van der Waals surface area contributed by atoms with Gasteiger partial charge in [-0.1, -0.05) is 12.1 Å². The predicted octanol–water partition coefficient (Wildman–Crippen LogP) is 4.57. The van der Waals surface area contributed by atoms with Crippen LogP contribution in [0.25, 0.3) is 16.7 Å². The van der Waals surface area contributed by atoms with Crippen LogP contribution in [0.5, 0.6) is 17.2 Å². The Hall–Kier alpha value is -2.62. The van der Waals surface area contributed by atoms with E-state index in [4.69, 9.17) is 9.47 Å². The van der Waals surface area contributed by atoms with Gasteiger partial charge in [0, 0.05) is 16.8 Å². The van der Waals surface area contributed by atoms with E-state index in [1.165, 1.54) is 11.1 Å². The number of fused-ring (bicyclic) bond motifs is 5. The molecular weight excluding hydrogens is 302 g/mol. The summed E-state index contributed by atoms with van der Waals surface area (Å²) < 4.78 is 11.4. The quantitative estimate of drug-likeness (QED) is 0.807. The summed E-state index contributed by atoms with van der Waals surface area (Å²) in [4.78, 5) is 0. The van der Waals surface area contributed by atoms with Crippen LogP contribution in [-0.2, 0) is 6.61 Å². The molecule has 0 saturated carbocycles. The Labute approximate surface area is 141 Å². The molecule has 124 valence electrons. The molecule has 0 amide bonds. The van der Waals surface area contributed by atoms with Crippen LogP contribution in [0.1, 0.15) is 31.9 Å². The maximum Gasteiger partial charge on any atom is 0.172 e. The highest BCUT2D eigenvalue weighted by molar-refractivity contribution is 5.91. The second kappa shape index (κ2) is 4.94. The van der Waals surface area contributed by atoms with E-state index in [2.05, 4.69) is 44.3 Å². The van der Waals surface area contributed by atoms with Gasteiger partial charge in [0.2, 0.25) is 0 Å². The van der Waals surface area contributed by atoms with E-state index in [0.29, 0.717) is 12.4 Å². The van der Waals surface area contributed by atoms with Crippen molar-refractivity contribution in [1.82, 2.24) is 0 Å². The van der Waals surface area contributed by atoms with Gasteiger partial charge in [-0.05, 0) is 50.1 Å². The summed E-state index contributed by atoms with van der Waals surface area (Å²) in [7, 11) is 1.57. The number of phenols is 1. The lowest BCUT2D eigenvalue weighted by Gasteiger charge is -2.34. The zero-order valence-electron chi connectivity index (χ0n) is 14.4. The van der Waals surface area contributed by atoms with Gasteiger partial charge in [-0.2, -0.15) is 0 Å². The molecule has 0 aromatic heterocycles. The fourth-order valence-electron chi connectivity index (χ4n) is 3.87. The van der Waals surface area contributed by atoms with Crippen LogP contribution in [0, 0.1) is 0 Å². The molecule has 2 aromatic rings. The predicted molar refractivity (Wildman–Crippen MR) is 95.8 cm³/mol. The van der Waals surface area contributed by atoms with E-state index in [1.807, 2.05) is 0 Å². The molecule has 0 spiro atoms. The van der Waals surface area contributed by atoms with Crippen molar-refractivity contribution >= 4 is 11.3 Å². The second-order valence-corrected chi connectivity index (χ2v) is 6.97. The van der Waals surface area contributed by atoms with Crippen LogP contribution in [0.2, 0.25) is 0 Å². The third kappa shape index (κ3) is 2.06. The molecule has 24 heavy (non-hydrogen) atoms. The van der Waals surface area contributed by atoms with Crippen LogP contribution < -0.4 is 14.8 Å². The van der Waals surface area contributed by atoms with E-state index in [9.17, 15) is 5.11 Å². The Bertz CT molecular complexity index is 881. The van der Waals surface area contributed by atoms with Crippen molar-refractivity contribution in [2.24, 2.45) is 0 Å².